The molecule has 0 aliphatic rings. The average Bonchev–Trinajstić information content (AvgIpc) is 1.41. The van der Waals surface area contributed by atoms with Crippen LogP contribution in [0.1, 0.15) is 0 Å². The van der Waals surface area contributed by atoms with Crippen molar-refractivity contribution in [1.82, 2.24) is 0 Å². The standard InChI is InChI=1S/C3H6N2/c1-2-5-3-4/h2-3H,1H2,(H2,4,5). The quantitative estimate of drug-likeness (QED) is 0.345. The molecular formula is C3H6N2. The van der Waals surface area contributed by atoms with Crippen LogP contribution in [0.2, 0.25) is 0 Å². The molecule has 0 aromatic heterocycles. The Morgan fingerprint density at radius 2 is 2.40 bits per heavy atom. The van der Waals surface area contributed by atoms with Crippen LogP contribution < -0.4 is 5.73 Å². The predicted octanol–water partition coefficient (Wildman–Crippen LogP) is 0.117. The summed E-state index contributed by atoms with van der Waals surface area (Å²) in [5.41, 5.74) is 4.78. The number of nitrogens with two attached hydrogens (primary N) is 1. The van der Waals surface area contributed by atoms with E-state index in [-0.39, 0.29) is 0 Å². The minimum absolute atomic E-state index is 1.19. The summed E-state index contributed by atoms with van der Waals surface area (Å²) in [6.45, 7) is 3.27. The van der Waals surface area contributed by atoms with Gasteiger partial charge in [-0.05, 0) is 0 Å². The van der Waals surface area contributed by atoms with Crippen LogP contribution in [0.15, 0.2) is 17.8 Å². The maximum absolute atomic E-state index is 4.78. The molecule has 0 saturated carbocycles. The second-order valence-electron chi connectivity index (χ2n) is 0.481. The molecule has 28 valence electrons. The minimum Gasteiger partial charge on any atom is -0.390 e. The molecule has 0 aliphatic carbocycles. The summed E-state index contributed by atoms with van der Waals surface area (Å²) in [6, 6.07) is 0. The number of nitrogens with zero attached hydrogens (tertiary/aromatic N) is 1. The Balaban J connectivity index is 2.92. The zero-order valence-corrected chi connectivity index (χ0v) is 2.89. The van der Waals surface area contributed by atoms with Crippen LogP contribution in [0.25, 0.3) is 0 Å². The first-order valence-corrected chi connectivity index (χ1v) is 1.26. The van der Waals surface area contributed by atoms with Crippen molar-refractivity contribution in [2.45, 2.75) is 0 Å². The summed E-state index contributed by atoms with van der Waals surface area (Å²) in [6.07, 6.45) is 2.56. The number of rotatable bonds is 1. The van der Waals surface area contributed by atoms with E-state index in [0.29, 0.717) is 0 Å². The van der Waals surface area contributed by atoms with Crippen molar-refractivity contribution >= 4 is 6.34 Å². The molecule has 0 bridgehead atoms. The number of hydrogen-bond donors (Lipinski definition) is 1. The Labute approximate surface area is 31.0 Å². The van der Waals surface area contributed by atoms with E-state index in [2.05, 4.69) is 11.6 Å². The summed E-state index contributed by atoms with van der Waals surface area (Å²) in [4.78, 5) is 3.39. The summed E-state index contributed by atoms with van der Waals surface area (Å²) in [7, 11) is 0. The topological polar surface area (TPSA) is 38.4 Å². The van der Waals surface area contributed by atoms with Gasteiger partial charge >= 0.3 is 0 Å². The zero-order chi connectivity index (χ0) is 4.12. The van der Waals surface area contributed by atoms with E-state index in [1.165, 1.54) is 12.5 Å². The Kier molecular flexibility index (Phi) is 2.70. The average molecular weight is 70.1 g/mol. The maximum atomic E-state index is 4.78. The highest BCUT2D eigenvalue weighted by Crippen LogP contribution is 1.53. The monoisotopic (exact) mass is 70.1 g/mol. The lowest BCUT2D eigenvalue weighted by Gasteiger charge is -1.60. The van der Waals surface area contributed by atoms with Gasteiger partial charge in [0.2, 0.25) is 0 Å². The molecule has 0 spiro atoms. The Morgan fingerprint density at radius 1 is 1.80 bits per heavy atom. The first-order chi connectivity index (χ1) is 2.41. The number of aliphatic imine (C=N–C) groups is 1. The lowest BCUT2D eigenvalue weighted by Crippen LogP contribution is -1.84. The van der Waals surface area contributed by atoms with Crippen molar-refractivity contribution in [2.75, 3.05) is 0 Å². The third kappa shape index (κ3) is 3.21. The third-order valence-electron chi connectivity index (χ3n) is 0.191. The van der Waals surface area contributed by atoms with Gasteiger partial charge in [0.25, 0.3) is 0 Å². The molecule has 2 N–H and O–H groups in total. The molecule has 0 heterocycles. The lowest BCUT2D eigenvalue weighted by molar-refractivity contribution is 1.58. The van der Waals surface area contributed by atoms with E-state index in [1.807, 2.05) is 0 Å². The summed E-state index contributed by atoms with van der Waals surface area (Å²) >= 11 is 0. The van der Waals surface area contributed by atoms with Crippen molar-refractivity contribution in [3.8, 4) is 0 Å². The van der Waals surface area contributed by atoms with Gasteiger partial charge in [-0.15, -0.1) is 0 Å². The predicted molar refractivity (Wildman–Crippen MR) is 22.9 cm³/mol. The molecule has 0 aromatic carbocycles. The van der Waals surface area contributed by atoms with Crippen LogP contribution in [-0.4, -0.2) is 6.34 Å². The summed E-state index contributed by atoms with van der Waals surface area (Å²) < 4.78 is 0. The molecule has 0 unspecified atom stereocenters. The van der Waals surface area contributed by atoms with Gasteiger partial charge in [0, 0.05) is 6.20 Å². The van der Waals surface area contributed by atoms with E-state index in [0.717, 1.165) is 0 Å². The van der Waals surface area contributed by atoms with Crippen LogP contribution in [0, 0.1) is 0 Å². The fourth-order valence-electron chi connectivity index (χ4n) is 0.0609. The Hall–Kier alpha value is -0.790. The molecule has 0 fully saturated rings. The van der Waals surface area contributed by atoms with Crippen molar-refractivity contribution < 1.29 is 0 Å². The molecule has 0 atom stereocenters. The van der Waals surface area contributed by atoms with E-state index in [1.54, 1.807) is 0 Å². The molecule has 5 heavy (non-hydrogen) atoms. The smallest absolute Gasteiger partial charge is 0.0852 e. The second-order valence-corrected chi connectivity index (χ2v) is 0.481. The lowest BCUT2D eigenvalue weighted by atomic mass is 11.0. The second kappa shape index (κ2) is 3.21. The highest BCUT2D eigenvalue weighted by Gasteiger charge is 1.39. The first-order valence-electron chi connectivity index (χ1n) is 1.26. The molecule has 0 amide bonds. The van der Waals surface area contributed by atoms with Gasteiger partial charge in [-0.1, -0.05) is 6.58 Å². The van der Waals surface area contributed by atoms with Gasteiger partial charge in [-0.3, -0.25) is 0 Å². The van der Waals surface area contributed by atoms with Crippen LogP contribution in [0.5, 0.6) is 0 Å². The first kappa shape index (κ1) is 4.21. The highest BCUT2D eigenvalue weighted by molar-refractivity contribution is 5.51. The SMILES string of the molecule is C=CN=CN. The van der Waals surface area contributed by atoms with Gasteiger partial charge in [-0.2, -0.15) is 0 Å². The van der Waals surface area contributed by atoms with E-state index < -0.39 is 0 Å². The largest absolute Gasteiger partial charge is 0.390 e. The third-order valence-corrected chi connectivity index (χ3v) is 0.191. The molecular weight excluding hydrogens is 64.0 g/mol. The van der Waals surface area contributed by atoms with E-state index in [4.69, 9.17) is 5.73 Å². The van der Waals surface area contributed by atoms with Gasteiger partial charge < -0.3 is 5.73 Å². The van der Waals surface area contributed by atoms with Crippen molar-refractivity contribution in [1.29, 1.82) is 0 Å². The molecule has 0 saturated heterocycles. The molecule has 2 nitrogen and oxygen atoms in total. The molecule has 2 heteroatoms. The van der Waals surface area contributed by atoms with Gasteiger partial charge in [-0.25, -0.2) is 4.99 Å². The highest BCUT2D eigenvalue weighted by atomic mass is 14.8. The number of hydrogen-bond acceptors (Lipinski definition) is 1. The van der Waals surface area contributed by atoms with Crippen molar-refractivity contribution in [2.24, 2.45) is 10.7 Å². The molecule has 0 aromatic rings. The van der Waals surface area contributed by atoms with E-state index >= 15 is 0 Å². The van der Waals surface area contributed by atoms with Crippen LogP contribution in [0.4, 0.5) is 0 Å². The van der Waals surface area contributed by atoms with Gasteiger partial charge in [0.15, 0.2) is 0 Å². The fourth-order valence-corrected chi connectivity index (χ4v) is 0.0609. The van der Waals surface area contributed by atoms with Gasteiger partial charge in [0.05, 0.1) is 6.34 Å². The van der Waals surface area contributed by atoms with Crippen LogP contribution >= 0.6 is 0 Å². The summed E-state index contributed by atoms with van der Waals surface area (Å²) in [5.74, 6) is 0. The van der Waals surface area contributed by atoms with E-state index in [9.17, 15) is 0 Å². The van der Waals surface area contributed by atoms with Crippen molar-refractivity contribution in [3.63, 3.8) is 0 Å². The molecule has 0 aliphatic heterocycles. The zero-order valence-electron chi connectivity index (χ0n) is 2.89. The van der Waals surface area contributed by atoms with Crippen molar-refractivity contribution in [3.05, 3.63) is 12.8 Å². The summed E-state index contributed by atoms with van der Waals surface area (Å²) in [5, 5.41) is 0. The Bertz CT molecular complexity index is 46.9. The molecule has 0 rings (SSSR count). The fraction of sp³-hybridized carbons (Fsp3) is 0. The van der Waals surface area contributed by atoms with Gasteiger partial charge in [0.1, 0.15) is 0 Å². The van der Waals surface area contributed by atoms with Crippen LogP contribution in [0.3, 0.4) is 0 Å². The van der Waals surface area contributed by atoms with Crippen LogP contribution in [-0.2, 0) is 0 Å². The maximum Gasteiger partial charge on any atom is 0.0852 e. The minimum atomic E-state index is 1.19. The Morgan fingerprint density at radius 3 is 2.40 bits per heavy atom. The normalized spacial score (nSPS) is 8.80. The molecule has 0 radical (unpaired) electrons.